The molecule has 140 valence electrons. The highest BCUT2D eigenvalue weighted by Gasteiger charge is 2.16. The largest absolute Gasteiger partial charge is 0.494 e. The summed E-state index contributed by atoms with van der Waals surface area (Å²) in [6.07, 6.45) is 3.40. The Morgan fingerprint density at radius 3 is 2.64 bits per heavy atom. The molecule has 2 aromatic heterocycles. The number of fused-ring (bicyclic) bond motifs is 1. The summed E-state index contributed by atoms with van der Waals surface area (Å²) >= 11 is 6.30. The number of methoxy groups -OCH3 is 1. The number of nitrogens with one attached hydrogen (secondary N) is 1. The van der Waals surface area contributed by atoms with Gasteiger partial charge in [0.15, 0.2) is 5.82 Å². The molecule has 0 aliphatic carbocycles. The van der Waals surface area contributed by atoms with Gasteiger partial charge >= 0.3 is 0 Å². The van der Waals surface area contributed by atoms with Crippen molar-refractivity contribution in [3.63, 3.8) is 0 Å². The van der Waals surface area contributed by atoms with Gasteiger partial charge < -0.3 is 10.1 Å². The quantitative estimate of drug-likeness (QED) is 0.515. The highest BCUT2D eigenvalue weighted by atomic mass is 35.5. The molecular weight excluding hydrogens is 379 g/mol. The highest BCUT2D eigenvalue weighted by Crippen LogP contribution is 2.38. The van der Waals surface area contributed by atoms with Gasteiger partial charge in [-0.25, -0.2) is 14.4 Å². The van der Waals surface area contributed by atoms with E-state index < -0.39 is 0 Å². The normalized spacial score (nSPS) is 10.9. The van der Waals surface area contributed by atoms with E-state index in [1.807, 2.05) is 18.2 Å². The summed E-state index contributed by atoms with van der Waals surface area (Å²) in [5.41, 5.74) is 2.71. The van der Waals surface area contributed by atoms with Gasteiger partial charge in [-0.2, -0.15) is 0 Å². The van der Waals surface area contributed by atoms with Crippen LogP contribution in [0.15, 0.2) is 54.9 Å². The minimum absolute atomic E-state index is 0.365. The van der Waals surface area contributed by atoms with Gasteiger partial charge in [0, 0.05) is 41.0 Å². The molecule has 4 aromatic rings. The van der Waals surface area contributed by atoms with Crippen LogP contribution in [0, 0.1) is 5.82 Å². The molecule has 5 nitrogen and oxygen atoms in total. The summed E-state index contributed by atoms with van der Waals surface area (Å²) in [4.78, 5) is 13.4. The van der Waals surface area contributed by atoms with Gasteiger partial charge in [-0.15, -0.1) is 0 Å². The molecule has 28 heavy (non-hydrogen) atoms. The third-order valence-corrected chi connectivity index (χ3v) is 4.71. The van der Waals surface area contributed by atoms with Crippen molar-refractivity contribution in [2.75, 3.05) is 19.5 Å². The number of rotatable bonds is 4. The minimum atomic E-state index is -0.365. The van der Waals surface area contributed by atoms with E-state index >= 15 is 0 Å². The summed E-state index contributed by atoms with van der Waals surface area (Å²) in [6, 6.07) is 11.6. The van der Waals surface area contributed by atoms with Gasteiger partial charge in [-0.1, -0.05) is 11.6 Å². The van der Waals surface area contributed by atoms with E-state index in [1.165, 1.54) is 18.2 Å². The number of pyridine rings is 1. The fraction of sp³-hybridized carbons (Fsp3) is 0.0952. The van der Waals surface area contributed by atoms with Crippen molar-refractivity contribution in [1.82, 2.24) is 15.0 Å². The van der Waals surface area contributed by atoms with Gasteiger partial charge in [0.2, 0.25) is 0 Å². The number of hydrogen-bond donors (Lipinski definition) is 1. The molecule has 0 fully saturated rings. The maximum absolute atomic E-state index is 13.8. The van der Waals surface area contributed by atoms with Crippen LogP contribution in [0.5, 0.6) is 5.75 Å². The average Bonchev–Trinajstić information content (AvgIpc) is 2.74. The summed E-state index contributed by atoms with van der Waals surface area (Å²) in [7, 11) is 3.35. The second kappa shape index (κ2) is 7.40. The van der Waals surface area contributed by atoms with Crippen LogP contribution in [0.2, 0.25) is 5.02 Å². The zero-order chi connectivity index (χ0) is 19.7. The fourth-order valence-corrected chi connectivity index (χ4v) is 3.27. The molecule has 7 heteroatoms. The topological polar surface area (TPSA) is 59.9 Å². The first-order valence-electron chi connectivity index (χ1n) is 8.54. The van der Waals surface area contributed by atoms with Crippen LogP contribution in [0.3, 0.4) is 0 Å². The lowest BCUT2D eigenvalue weighted by molar-refractivity contribution is 0.419. The van der Waals surface area contributed by atoms with Crippen LogP contribution in [-0.2, 0) is 0 Å². The molecule has 2 aromatic carbocycles. The van der Waals surface area contributed by atoms with Gasteiger partial charge in [0.25, 0.3) is 0 Å². The third-order valence-electron chi connectivity index (χ3n) is 4.38. The van der Waals surface area contributed by atoms with Crippen LogP contribution in [0.1, 0.15) is 0 Å². The number of ether oxygens (including phenoxy) is 1. The molecule has 1 N–H and O–H groups in total. The van der Waals surface area contributed by atoms with Gasteiger partial charge in [0.05, 0.1) is 7.11 Å². The Morgan fingerprint density at radius 1 is 1.07 bits per heavy atom. The molecule has 0 unspecified atom stereocenters. The van der Waals surface area contributed by atoms with Crippen LogP contribution in [0.4, 0.5) is 10.2 Å². The smallest absolute Gasteiger partial charge is 0.163 e. The van der Waals surface area contributed by atoms with Gasteiger partial charge in [-0.3, -0.25) is 4.98 Å². The van der Waals surface area contributed by atoms with Crippen LogP contribution >= 0.6 is 11.6 Å². The number of aromatic nitrogens is 3. The lowest BCUT2D eigenvalue weighted by atomic mass is 10.0. The summed E-state index contributed by atoms with van der Waals surface area (Å²) in [6.45, 7) is 0. The minimum Gasteiger partial charge on any atom is -0.494 e. The standard InChI is InChI=1S/C21H16ClFN4O/c1-24-21-16-8-13(15-10-14(23)5-6-17(15)22)9-18(28-2)19(16)26-20(27-21)12-4-3-7-25-11-12/h3-11H,1-2H3,(H,24,26,27). The van der Waals surface area contributed by atoms with E-state index in [4.69, 9.17) is 16.3 Å². The third kappa shape index (κ3) is 3.23. The Kier molecular flexibility index (Phi) is 4.79. The Bertz CT molecular complexity index is 1170. The van der Waals surface area contributed by atoms with E-state index in [0.717, 1.165) is 10.9 Å². The predicted octanol–water partition coefficient (Wildman–Crippen LogP) is 5.20. The Morgan fingerprint density at radius 2 is 1.93 bits per heavy atom. The first kappa shape index (κ1) is 18.1. The number of halogens is 2. The Balaban J connectivity index is 1.99. The first-order valence-corrected chi connectivity index (χ1v) is 8.92. The second-order valence-electron chi connectivity index (χ2n) is 6.09. The Hall–Kier alpha value is -3.25. The van der Waals surface area contributed by atoms with Gasteiger partial charge in [-0.05, 0) is 48.0 Å². The van der Waals surface area contributed by atoms with E-state index in [0.29, 0.717) is 39.1 Å². The molecule has 0 amide bonds. The molecule has 4 rings (SSSR count). The van der Waals surface area contributed by atoms with Crippen LogP contribution < -0.4 is 10.1 Å². The SMILES string of the molecule is CNc1nc(-c2cccnc2)nc2c(OC)cc(-c3cc(F)ccc3Cl)cc12. The molecular formula is C21H16ClFN4O. The molecule has 0 spiro atoms. The van der Waals surface area contributed by atoms with E-state index in [2.05, 4.69) is 20.3 Å². The molecule has 0 atom stereocenters. The lowest BCUT2D eigenvalue weighted by Crippen LogP contribution is -2.01. The molecule has 0 radical (unpaired) electrons. The van der Waals surface area contributed by atoms with Crippen molar-refractivity contribution in [2.24, 2.45) is 0 Å². The van der Waals surface area contributed by atoms with Crippen molar-refractivity contribution < 1.29 is 9.13 Å². The predicted molar refractivity (Wildman–Crippen MR) is 109 cm³/mol. The first-order chi connectivity index (χ1) is 13.6. The maximum atomic E-state index is 13.8. The molecule has 2 heterocycles. The lowest BCUT2D eigenvalue weighted by Gasteiger charge is -2.14. The van der Waals surface area contributed by atoms with E-state index in [-0.39, 0.29) is 5.82 Å². The van der Waals surface area contributed by atoms with Crippen LogP contribution in [0.25, 0.3) is 33.4 Å². The number of benzene rings is 2. The molecule has 0 saturated heterocycles. The van der Waals surface area contributed by atoms with E-state index in [1.54, 1.807) is 32.6 Å². The monoisotopic (exact) mass is 394 g/mol. The van der Waals surface area contributed by atoms with Gasteiger partial charge in [0.1, 0.15) is 22.9 Å². The summed E-state index contributed by atoms with van der Waals surface area (Å²) < 4.78 is 19.4. The average molecular weight is 395 g/mol. The van der Waals surface area contributed by atoms with Crippen molar-refractivity contribution in [3.05, 3.63) is 65.7 Å². The summed E-state index contributed by atoms with van der Waals surface area (Å²) in [5.74, 6) is 1.32. The zero-order valence-corrected chi connectivity index (χ0v) is 16.0. The number of hydrogen-bond acceptors (Lipinski definition) is 5. The molecule has 0 saturated carbocycles. The van der Waals surface area contributed by atoms with E-state index in [9.17, 15) is 4.39 Å². The second-order valence-corrected chi connectivity index (χ2v) is 6.49. The number of nitrogens with zero attached hydrogens (tertiary/aromatic N) is 3. The number of anilines is 1. The van der Waals surface area contributed by atoms with Crippen molar-refractivity contribution >= 4 is 28.3 Å². The molecule has 0 aliphatic heterocycles. The molecule has 0 bridgehead atoms. The van der Waals surface area contributed by atoms with Crippen molar-refractivity contribution in [3.8, 4) is 28.3 Å². The maximum Gasteiger partial charge on any atom is 0.163 e. The van der Waals surface area contributed by atoms with Crippen molar-refractivity contribution in [2.45, 2.75) is 0 Å². The van der Waals surface area contributed by atoms with Crippen molar-refractivity contribution in [1.29, 1.82) is 0 Å². The Labute approximate surface area is 166 Å². The summed E-state index contributed by atoms with van der Waals surface area (Å²) in [5, 5.41) is 4.29. The highest BCUT2D eigenvalue weighted by molar-refractivity contribution is 6.33. The zero-order valence-electron chi connectivity index (χ0n) is 15.2. The fourth-order valence-electron chi connectivity index (χ4n) is 3.05. The van der Waals surface area contributed by atoms with Crippen LogP contribution in [-0.4, -0.2) is 29.1 Å². The molecule has 0 aliphatic rings.